The summed E-state index contributed by atoms with van der Waals surface area (Å²) in [6, 6.07) is 11.9. The average Bonchev–Trinajstić information content (AvgIpc) is 2.40. The van der Waals surface area contributed by atoms with Crippen LogP contribution in [0.4, 0.5) is 10.1 Å². The second-order valence-electron chi connectivity index (χ2n) is 4.99. The van der Waals surface area contributed by atoms with Gasteiger partial charge < -0.3 is 10.2 Å². The molecule has 0 fully saturated rings. The van der Waals surface area contributed by atoms with Gasteiger partial charge in [0.1, 0.15) is 5.82 Å². The van der Waals surface area contributed by atoms with Gasteiger partial charge in [0.25, 0.3) is 5.91 Å². The fraction of sp³-hybridized carbons (Fsp3) is 0.188. The Morgan fingerprint density at radius 3 is 2.43 bits per heavy atom. The van der Waals surface area contributed by atoms with Gasteiger partial charge in [-0.15, -0.1) is 0 Å². The predicted octanol–water partition coefficient (Wildman–Crippen LogP) is 3.90. The first-order chi connectivity index (χ1) is 9.97. The molecule has 0 saturated heterocycles. The summed E-state index contributed by atoms with van der Waals surface area (Å²) in [4.78, 5) is 14.2. The van der Waals surface area contributed by atoms with Crippen molar-refractivity contribution in [2.75, 3.05) is 19.4 Å². The van der Waals surface area contributed by atoms with Gasteiger partial charge in [0, 0.05) is 16.7 Å². The Morgan fingerprint density at radius 2 is 1.86 bits per heavy atom. The molecule has 0 spiro atoms. The lowest BCUT2D eigenvalue weighted by molar-refractivity contribution is 0.102. The molecule has 110 valence electrons. The summed E-state index contributed by atoms with van der Waals surface area (Å²) >= 11 is 3.19. The minimum atomic E-state index is -0.550. The van der Waals surface area contributed by atoms with E-state index in [0.717, 1.165) is 12.1 Å². The molecule has 21 heavy (non-hydrogen) atoms. The number of carbonyl (C=O) groups is 1. The van der Waals surface area contributed by atoms with Crippen LogP contribution in [0.1, 0.15) is 15.9 Å². The molecule has 0 unspecified atom stereocenters. The van der Waals surface area contributed by atoms with Crippen molar-refractivity contribution in [2.24, 2.45) is 0 Å². The number of amides is 1. The first kappa shape index (κ1) is 15.7. The highest BCUT2D eigenvalue weighted by Gasteiger charge is 2.15. The summed E-state index contributed by atoms with van der Waals surface area (Å²) in [6.45, 7) is 0.826. The van der Waals surface area contributed by atoms with Gasteiger partial charge in [-0.05, 0) is 59.9 Å². The zero-order chi connectivity index (χ0) is 15.4. The van der Waals surface area contributed by atoms with Gasteiger partial charge in [-0.1, -0.05) is 18.2 Å². The molecule has 1 amide bonds. The van der Waals surface area contributed by atoms with Crippen molar-refractivity contribution in [3.63, 3.8) is 0 Å². The molecule has 0 aromatic heterocycles. The summed E-state index contributed by atoms with van der Waals surface area (Å²) in [7, 11) is 3.98. The van der Waals surface area contributed by atoms with Crippen LogP contribution in [0.2, 0.25) is 0 Å². The molecular weight excluding hydrogens is 335 g/mol. The number of hydrogen-bond acceptors (Lipinski definition) is 2. The van der Waals surface area contributed by atoms with Crippen molar-refractivity contribution in [1.29, 1.82) is 0 Å². The number of rotatable bonds is 4. The van der Waals surface area contributed by atoms with Crippen LogP contribution in [-0.2, 0) is 6.54 Å². The monoisotopic (exact) mass is 350 g/mol. The Morgan fingerprint density at radius 1 is 1.19 bits per heavy atom. The van der Waals surface area contributed by atoms with Crippen LogP contribution in [0.25, 0.3) is 0 Å². The van der Waals surface area contributed by atoms with Crippen molar-refractivity contribution < 1.29 is 9.18 Å². The number of nitrogens with one attached hydrogen (secondary N) is 1. The fourth-order valence-electron chi connectivity index (χ4n) is 1.97. The van der Waals surface area contributed by atoms with Crippen molar-refractivity contribution in [2.45, 2.75) is 6.54 Å². The molecule has 2 rings (SSSR count). The van der Waals surface area contributed by atoms with Crippen LogP contribution in [0.5, 0.6) is 0 Å². The Balaban J connectivity index is 2.13. The molecule has 0 radical (unpaired) electrons. The number of carbonyl (C=O) groups excluding carboxylic acids is 1. The highest BCUT2D eigenvalue weighted by molar-refractivity contribution is 9.10. The molecule has 2 aromatic carbocycles. The molecule has 5 heteroatoms. The van der Waals surface area contributed by atoms with Gasteiger partial charge in [0.05, 0.1) is 5.56 Å². The third-order valence-corrected chi connectivity index (χ3v) is 3.56. The number of benzene rings is 2. The Labute approximate surface area is 131 Å². The van der Waals surface area contributed by atoms with E-state index in [9.17, 15) is 9.18 Å². The highest BCUT2D eigenvalue weighted by atomic mass is 79.9. The van der Waals surface area contributed by atoms with Crippen molar-refractivity contribution in [1.82, 2.24) is 4.90 Å². The van der Waals surface area contributed by atoms with E-state index in [4.69, 9.17) is 0 Å². The third-order valence-electron chi connectivity index (χ3n) is 2.90. The maximum absolute atomic E-state index is 13.7. The molecule has 0 heterocycles. The largest absolute Gasteiger partial charge is 0.322 e. The third kappa shape index (κ3) is 4.12. The molecule has 3 nitrogen and oxygen atoms in total. The maximum atomic E-state index is 13.7. The molecule has 2 aromatic rings. The van der Waals surface area contributed by atoms with Crippen molar-refractivity contribution >= 4 is 27.5 Å². The number of nitrogens with zero attached hydrogens (tertiary/aromatic N) is 1. The lowest BCUT2D eigenvalue weighted by Crippen LogP contribution is -2.15. The Hall–Kier alpha value is -1.72. The molecule has 0 aliphatic rings. The van der Waals surface area contributed by atoms with E-state index < -0.39 is 11.7 Å². The minimum absolute atomic E-state index is 0.00914. The highest BCUT2D eigenvalue weighted by Crippen LogP contribution is 2.21. The van der Waals surface area contributed by atoms with E-state index in [-0.39, 0.29) is 5.56 Å². The second kappa shape index (κ2) is 6.83. The van der Waals surface area contributed by atoms with Gasteiger partial charge in [-0.2, -0.15) is 0 Å². The second-order valence-corrected chi connectivity index (χ2v) is 5.84. The van der Waals surface area contributed by atoms with Gasteiger partial charge in [-0.3, -0.25) is 4.79 Å². The smallest absolute Gasteiger partial charge is 0.259 e. The van der Waals surface area contributed by atoms with Crippen LogP contribution in [0, 0.1) is 5.82 Å². The average molecular weight is 351 g/mol. The number of halogens is 2. The van der Waals surface area contributed by atoms with Crippen LogP contribution in [-0.4, -0.2) is 24.9 Å². The van der Waals surface area contributed by atoms with Crippen molar-refractivity contribution in [3.05, 3.63) is 63.9 Å². The molecule has 0 aliphatic carbocycles. The Bertz CT molecular complexity index is 621. The van der Waals surface area contributed by atoms with E-state index >= 15 is 0 Å². The zero-order valence-electron chi connectivity index (χ0n) is 11.9. The first-order valence-electron chi connectivity index (χ1n) is 6.46. The summed E-state index contributed by atoms with van der Waals surface area (Å²) in [5, 5.41) is 2.70. The summed E-state index contributed by atoms with van der Waals surface area (Å²) < 4.78 is 14.1. The van der Waals surface area contributed by atoms with E-state index in [0.29, 0.717) is 10.2 Å². The normalized spacial score (nSPS) is 10.7. The van der Waals surface area contributed by atoms with Crippen LogP contribution < -0.4 is 5.32 Å². The zero-order valence-corrected chi connectivity index (χ0v) is 13.4. The maximum Gasteiger partial charge on any atom is 0.259 e. The van der Waals surface area contributed by atoms with E-state index in [2.05, 4.69) is 26.1 Å². The van der Waals surface area contributed by atoms with Crippen LogP contribution >= 0.6 is 15.9 Å². The lowest BCUT2D eigenvalue weighted by atomic mass is 10.1. The Kier molecular flexibility index (Phi) is 5.09. The van der Waals surface area contributed by atoms with Crippen LogP contribution in [0.15, 0.2) is 46.9 Å². The number of hydrogen-bond donors (Lipinski definition) is 1. The van der Waals surface area contributed by atoms with Crippen molar-refractivity contribution in [3.8, 4) is 0 Å². The van der Waals surface area contributed by atoms with Gasteiger partial charge in [0.2, 0.25) is 0 Å². The SMILES string of the molecule is CN(C)Cc1ccc(NC(=O)c2c(F)cccc2Br)cc1. The standard InChI is InChI=1S/C16H16BrFN2O/c1-20(2)10-11-6-8-12(9-7-11)19-16(21)15-13(17)4-3-5-14(15)18/h3-9H,10H2,1-2H3,(H,19,21). The lowest BCUT2D eigenvalue weighted by Gasteiger charge is -2.11. The first-order valence-corrected chi connectivity index (χ1v) is 7.25. The van der Waals surface area contributed by atoms with Gasteiger partial charge in [0.15, 0.2) is 0 Å². The minimum Gasteiger partial charge on any atom is -0.322 e. The van der Waals surface area contributed by atoms with E-state index in [1.54, 1.807) is 12.1 Å². The molecule has 0 aliphatic heterocycles. The summed E-state index contributed by atoms with van der Waals surface area (Å²) in [5.74, 6) is -1.02. The molecule has 1 N–H and O–H groups in total. The molecule has 0 bridgehead atoms. The van der Waals surface area contributed by atoms with E-state index in [1.807, 2.05) is 38.4 Å². The predicted molar refractivity (Wildman–Crippen MR) is 85.9 cm³/mol. The van der Waals surface area contributed by atoms with Crippen LogP contribution in [0.3, 0.4) is 0 Å². The molecular formula is C16H16BrFN2O. The summed E-state index contributed by atoms with van der Waals surface area (Å²) in [5.41, 5.74) is 1.79. The van der Waals surface area contributed by atoms with E-state index in [1.165, 1.54) is 6.07 Å². The van der Waals surface area contributed by atoms with Gasteiger partial charge in [-0.25, -0.2) is 4.39 Å². The van der Waals surface area contributed by atoms with Gasteiger partial charge >= 0.3 is 0 Å². The molecule has 0 atom stereocenters. The summed E-state index contributed by atoms with van der Waals surface area (Å²) in [6.07, 6.45) is 0. The number of anilines is 1. The molecule has 0 saturated carbocycles. The fourth-order valence-corrected chi connectivity index (χ4v) is 2.49. The topological polar surface area (TPSA) is 32.3 Å². The quantitative estimate of drug-likeness (QED) is 0.906.